The van der Waals surface area contributed by atoms with Gasteiger partial charge in [0.25, 0.3) is 0 Å². The van der Waals surface area contributed by atoms with Gasteiger partial charge >= 0.3 is 27.9 Å². The fourth-order valence-corrected chi connectivity index (χ4v) is 0. The van der Waals surface area contributed by atoms with Crippen molar-refractivity contribution in [3.63, 3.8) is 0 Å². The van der Waals surface area contributed by atoms with E-state index in [-0.39, 0.29) is 36.8 Å². The third kappa shape index (κ3) is 144. The van der Waals surface area contributed by atoms with Gasteiger partial charge in [0.05, 0.1) is 0 Å². The molecular formula is H5LiNiO4Si. The number of rotatable bonds is 0. The molecule has 4 N–H and O–H groups in total. The maximum Gasteiger partial charge on any atom is 1.00 e. The Morgan fingerprint density at radius 3 is 1.00 bits per heavy atom. The van der Waals surface area contributed by atoms with E-state index in [4.69, 9.17) is 19.2 Å². The van der Waals surface area contributed by atoms with E-state index < -0.39 is 9.05 Å². The second kappa shape index (κ2) is 5.29. The van der Waals surface area contributed by atoms with Crippen LogP contribution < -0.4 is 18.9 Å². The minimum atomic E-state index is -4.61. The van der Waals surface area contributed by atoms with E-state index in [1.807, 2.05) is 0 Å². The van der Waals surface area contributed by atoms with Crippen LogP contribution in [0.2, 0.25) is 0 Å². The predicted octanol–water partition coefficient (Wildman–Crippen LogP) is -5.49. The van der Waals surface area contributed by atoms with Gasteiger partial charge in [0.2, 0.25) is 0 Å². The summed E-state index contributed by atoms with van der Waals surface area (Å²) in [5.41, 5.74) is 0. The molecule has 0 aliphatic carbocycles. The molecule has 0 heterocycles. The molecule has 0 bridgehead atoms. The van der Waals surface area contributed by atoms with Gasteiger partial charge in [-0.2, -0.15) is 0 Å². The van der Waals surface area contributed by atoms with Crippen molar-refractivity contribution in [3.05, 3.63) is 0 Å². The summed E-state index contributed by atoms with van der Waals surface area (Å²) in [4.78, 5) is 29.3. The summed E-state index contributed by atoms with van der Waals surface area (Å²) in [6, 6.07) is 0. The summed E-state index contributed by atoms with van der Waals surface area (Å²) in [5, 5.41) is 0. The molecule has 7 heteroatoms. The zero-order valence-corrected chi connectivity index (χ0v) is 5.59. The van der Waals surface area contributed by atoms with Crippen molar-refractivity contribution in [3.8, 4) is 0 Å². The fraction of sp³-hybridized carbons (Fsp3) is 0. The molecule has 4 nitrogen and oxygen atoms in total. The molecule has 0 saturated carbocycles. The Balaban J connectivity index is -0.0000000267. The molecule has 0 aromatic rings. The van der Waals surface area contributed by atoms with Crippen molar-refractivity contribution < 1.29 is 56.0 Å². The maximum atomic E-state index is 7.33. The SMILES string of the molecule is O[Si](O)(O)O.[H-].[Li+].[Ni]. The topological polar surface area (TPSA) is 80.9 Å². The summed E-state index contributed by atoms with van der Waals surface area (Å²) in [5.74, 6) is 0. The summed E-state index contributed by atoms with van der Waals surface area (Å²) >= 11 is 0. The molecule has 0 radical (unpaired) electrons. The monoisotopic (exact) mass is 162 g/mol. The van der Waals surface area contributed by atoms with Crippen molar-refractivity contribution in [2.24, 2.45) is 0 Å². The molecule has 0 aliphatic rings. The Morgan fingerprint density at radius 2 is 1.00 bits per heavy atom. The number of hydrogen-bond donors (Lipinski definition) is 4. The Labute approximate surface area is 65.3 Å². The van der Waals surface area contributed by atoms with Crippen molar-refractivity contribution in [1.82, 2.24) is 0 Å². The molecule has 0 atom stereocenters. The van der Waals surface area contributed by atoms with E-state index >= 15 is 0 Å². The average molecular weight is 163 g/mol. The van der Waals surface area contributed by atoms with Gasteiger partial charge in [0, 0.05) is 16.5 Å². The van der Waals surface area contributed by atoms with Crippen LogP contribution in [0, 0.1) is 0 Å². The normalized spacial score (nSPS) is 8.57. The first-order chi connectivity index (χ1) is 2.00. The van der Waals surface area contributed by atoms with Gasteiger partial charge in [-0.1, -0.05) is 0 Å². The Morgan fingerprint density at radius 1 is 1.00 bits per heavy atom. The van der Waals surface area contributed by atoms with E-state index in [1.165, 1.54) is 0 Å². The first-order valence-corrected chi connectivity index (χ1v) is 2.68. The van der Waals surface area contributed by atoms with Gasteiger partial charge in [-0.3, -0.25) is 0 Å². The molecule has 7 heavy (non-hydrogen) atoms. The van der Waals surface area contributed by atoms with Gasteiger partial charge < -0.3 is 20.6 Å². The zero-order valence-electron chi connectivity index (χ0n) is 4.61. The third-order valence-corrected chi connectivity index (χ3v) is 0. The Kier molecular flexibility index (Phi) is 11.9. The van der Waals surface area contributed by atoms with E-state index in [0.717, 1.165) is 0 Å². The molecule has 0 unspecified atom stereocenters. The molecule has 0 amide bonds. The van der Waals surface area contributed by atoms with Gasteiger partial charge in [0.1, 0.15) is 0 Å². The minimum Gasteiger partial charge on any atom is -1.00 e. The van der Waals surface area contributed by atoms with Crippen LogP contribution in [0.3, 0.4) is 0 Å². The van der Waals surface area contributed by atoms with Crippen molar-refractivity contribution >= 4 is 9.05 Å². The molecule has 44 valence electrons. The number of hydrogen-bond acceptors (Lipinski definition) is 4. The van der Waals surface area contributed by atoms with Crippen molar-refractivity contribution in [2.75, 3.05) is 0 Å². The second-order valence-corrected chi connectivity index (χ2v) is 1.80. The zero-order chi connectivity index (χ0) is 4.50. The van der Waals surface area contributed by atoms with Gasteiger partial charge in [-0.15, -0.1) is 0 Å². The van der Waals surface area contributed by atoms with Crippen LogP contribution in [0.4, 0.5) is 0 Å². The van der Waals surface area contributed by atoms with Crippen LogP contribution in [-0.4, -0.2) is 28.2 Å². The first-order valence-electron chi connectivity index (χ1n) is 0.894. The van der Waals surface area contributed by atoms with E-state index in [1.54, 1.807) is 0 Å². The summed E-state index contributed by atoms with van der Waals surface area (Å²) in [7, 11) is -4.61. The van der Waals surface area contributed by atoms with Gasteiger partial charge in [-0.25, -0.2) is 0 Å². The Bertz CT molecular complexity index is 31.5. The summed E-state index contributed by atoms with van der Waals surface area (Å²) < 4.78 is 0. The Hall–Kier alpha value is 1.15. The van der Waals surface area contributed by atoms with Crippen LogP contribution in [0.1, 0.15) is 1.43 Å². The first kappa shape index (κ1) is 15.7. The van der Waals surface area contributed by atoms with E-state index in [9.17, 15) is 0 Å². The summed E-state index contributed by atoms with van der Waals surface area (Å²) in [6.45, 7) is 0. The molecule has 0 rings (SSSR count). The van der Waals surface area contributed by atoms with Gasteiger partial charge in [0.15, 0.2) is 0 Å². The molecule has 0 spiro atoms. The minimum absolute atomic E-state index is 0. The predicted molar refractivity (Wildman–Crippen MR) is 15.7 cm³/mol. The fourth-order valence-electron chi connectivity index (χ4n) is 0. The molecule has 0 saturated heterocycles. The van der Waals surface area contributed by atoms with Crippen molar-refractivity contribution in [2.45, 2.75) is 0 Å². The quantitative estimate of drug-likeness (QED) is 0.268. The maximum absolute atomic E-state index is 7.33. The molecule has 0 aromatic carbocycles. The molecule has 0 fully saturated rings. The van der Waals surface area contributed by atoms with Gasteiger partial charge in [-0.05, 0) is 0 Å². The van der Waals surface area contributed by atoms with Crippen LogP contribution in [-0.2, 0) is 16.5 Å². The second-order valence-electron chi connectivity index (χ2n) is 0.600. The van der Waals surface area contributed by atoms with Crippen LogP contribution in [0.15, 0.2) is 0 Å². The standard InChI is InChI=1S/Li.Ni.H4O4Si.H/c;;1-5(2,3)4;/h;;1-4H;/q+1;;;-1. The van der Waals surface area contributed by atoms with E-state index in [2.05, 4.69) is 0 Å². The van der Waals surface area contributed by atoms with Crippen LogP contribution in [0.5, 0.6) is 0 Å². The van der Waals surface area contributed by atoms with E-state index in [0.29, 0.717) is 0 Å². The average Bonchev–Trinajstić information content (AvgIpc) is 0.722. The molecular weight excluding hydrogens is 158 g/mol. The molecule has 0 aromatic heterocycles. The van der Waals surface area contributed by atoms with Crippen molar-refractivity contribution in [1.29, 1.82) is 0 Å². The van der Waals surface area contributed by atoms with Crippen LogP contribution >= 0.6 is 0 Å². The largest absolute Gasteiger partial charge is 1.00 e. The van der Waals surface area contributed by atoms with Crippen LogP contribution in [0.25, 0.3) is 0 Å². The third-order valence-electron chi connectivity index (χ3n) is 0. The smallest absolute Gasteiger partial charge is 1.00 e. The summed E-state index contributed by atoms with van der Waals surface area (Å²) in [6.07, 6.45) is 0. The molecule has 0 aliphatic heterocycles.